The molecule has 1 aromatic heterocycles. The lowest BCUT2D eigenvalue weighted by molar-refractivity contribution is -0.135. The largest absolute Gasteiger partial charge is 0.342 e. The van der Waals surface area contributed by atoms with Crippen molar-refractivity contribution in [1.82, 2.24) is 19.7 Å². The normalized spacial score (nSPS) is 24.5. The zero-order valence-corrected chi connectivity index (χ0v) is 16.1. The summed E-state index contributed by atoms with van der Waals surface area (Å²) >= 11 is 0. The first-order valence-corrected chi connectivity index (χ1v) is 9.61. The van der Waals surface area contributed by atoms with Crippen LogP contribution in [0.1, 0.15) is 32.9 Å². The zero-order chi connectivity index (χ0) is 18.7. The van der Waals surface area contributed by atoms with Crippen LogP contribution in [0.2, 0.25) is 0 Å². The number of rotatable bonds is 4. The highest BCUT2D eigenvalue weighted by atomic mass is 16.2. The van der Waals surface area contributed by atoms with Gasteiger partial charge in [0.25, 0.3) is 0 Å². The highest BCUT2D eigenvalue weighted by molar-refractivity contribution is 5.81. The van der Waals surface area contributed by atoms with Crippen molar-refractivity contribution >= 4 is 11.8 Å². The number of hydrogen-bond donors (Lipinski definition) is 0. The van der Waals surface area contributed by atoms with Gasteiger partial charge in [-0.05, 0) is 19.1 Å². The van der Waals surface area contributed by atoms with E-state index >= 15 is 0 Å². The van der Waals surface area contributed by atoms with Gasteiger partial charge in [0, 0.05) is 69.8 Å². The molecule has 1 spiro atoms. The SMILES string of the molecule is CCN1C[C@@]2(CC1=O)CN(Cc1ccccn1)CCN(C(=O)C(C)C)C2. The van der Waals surface area contributed by atoms with Crippen LogP contribution in [0.5, 0.6) is 0 Å². The van der Waals surface area contributed by atoms with Crippen molar-refractivity contribution in [3.63, 3.8) is 0 Å². The molecular formula is C20H30N4O2. The molecule has 0 bridgehead atoms. The van der Waals surface area contributed by atoms with E-state index in [0.717, 1.165) is 38.4 Å². The van der Waals surface area contributed by atoms with Crippen molar-refractivity contribution in [2.45, 2.75) is 33.7 Å². The summed E-state index contributed by atoms with van der Waals surface area (Å²) in [5, 5.41) is 0. The van der Waals surface area contributed by atoms with E-state index in [9.17, 15) is 9.59 Å². The number of amides is 2. The van der Waals surface area contributed by atoms with Crippen LogP contribution in [0, 0.1) is 11.3 Å². The molecule has 2 saturated heterocycles. The fourth-order valence-corrected chi connectivity index (χ4v) is 4.24. The standard InChI is InChI=1S/C20H30N4O2/c1-4-23-14-20(11-18(23)25)13-22(12-17-7-5-6-8-21-17)9-10-24(15-20)19(26)16(2)3/h5-8,16H,4,9-15H2,1-3H3/t20-/m1/s1. The van der Waals surface area contributed by atoms with Gasteiger partial charge in [-0.15, -0.1) is 0 Å². The lowest BCUT2D eigenvalue weighted by Gasteiger charge is -2.34. The zero-order valence-electron chi connectivity index (χ0n) is 16.1. The van der Waals surface area contributed by atoms with Crippen molar-refractivity contribution in [3.05, 3.63) is 30.1 Å². The van der Waals surface area contributed by atoms with E-state index in [1.807, 2.05) is 55.0 Å². The van der Waals surface area contributed by atoms with Crippen molar-refractivity contribution in [1.29, 1.82) is 0 Å². The fraction of sp³-hybridized carbons (Fsp3) is 0.650. The molecule has 0 aromatic carbocycles. The molecule has 6 heteroatoms. The van der Waals surface area contributed by atoms with Crippen LogP contribution in [-0.4, -0.2) is 70.8 Å². The number of carbonyl (C=O) groups is 2. The number of hydrogen-bond acceptors (Lipinski definition) is 4. The summed E-state index contributed by atoms with van der Waals surface area (Å²) in [6.07, 6.45) is 2.34. The second-order valence-electron chi connectivity index (χ2n) is 8.03. The molecule has 2 amide bonds. The average molecular weight is 358 g/mol. The van der Waals surface area contributed by atoms with E-state index in [-0.39, 0.29) is 23.1 Å². The molecule has 2 aliphatic heterocycles. The Morgan fingerprint density at radius 2 is 2.04 bits per heavy atom. The van der Waals surface area contributed by atoms with Crippen LogP contribution in [0.25, 0.3) is 0 Å². The summed E-state index contributed by atoms with van der Waals surface area (Å²) in [4.78, 5) is 35.9. The third-order valence-corrected chi connectivity index (χ3v) is 5.48. The number of nitrogens with zero attached hydrogens (tertiary/aromatic N) is 4. The van der Waals surface area contributed by atoms with Crippen molar-refractivity contribution in [2.75, 3.05) is 39.3 Å². The molecule has 142 valence electrons. The first kappa shape index (κ1) is 18.8. The van der Waals surface area contributed by atoms with E-state index in [2.05, 4.69) is 9.88 Å². The molecule has 0 unspecified atom stereocenters. The second kappa shape index (κ2) is 7.74. The van der Waals surface area contributed by atoms with E-state index in [1.165, 1.54) is 0 Å². The summed E-state index contributed by atoms with van der Waals surface area (Å²) in [6, 6.07) is 5.96. The minimum Gasteiger partial charge on any atom is -0.342 e. The maximum atomic E-state index is 12.7. The van der Waals surface area contributed by atoms with Crippen LogP contribution in [0.15, 0.2) is 24.4 Å². The van der Waals surface area contributed by atoms with E-state index < -0.39 is 0 Å². The van der Waals surface area contributed by atoms with Gasteiger partial charge in [-0.2, -0.15) is 0 Å². The highest BCUT2D eigenvalue weighted by Crippen LogP contribution is 2.35. The van der Waals surface area contributed by atoms with Gasteiger partial charge in [0.2, 0.25) is 11.8 Å². The molecule has 1 aromatic rings. The van der Waals surface area contributed by atoms with Gasteiger partial charge in [0.1, 0.15) is 0 Å². The van der Waals surface area contributed by atoms with Gasteiger partial charge in [-0.3, -0.25) is 19.5 Å². The van der Waals surface area contributed by atoms with Crippen molar-refractivity contribution < 1.29 is 9.59 Å². The van der Waals surface area contributed by atoms with Gasteiger partial charge < -0.3 is 9.80 Å². The van der Waals surface area contributed by atoms with Crippen LogP contribution in [0.4, 0.5) is 0 Å². The molecule has 0 saturated carbocycles. The smallest absolute Gasteiger partial charge is 0.225 e. The van der Waals surface area contributed by atoms with Gasteiger partial charge >= 0.3 is 0 Å². The topological polar surface area (TPSA) is 56.8 Å². The van der Waals surface area contributed by atoms with Crippen molar-refractivity contribution in [3.8, 4) is 0 Å². The van der Waals surface area contributed by atoms with E-state index in [0.29, 0.717) is 19.5 Å². The monoisotopic (exact) mass is 358 g/mol. The third kappa shape index (κ3) is 4.06. The molecule has 6 nitrogen and oxygen atoms in total. The Morgan fingerprint density at radius 3 is 2.65 bits per heavy atom. The van der Waals surface area contributed by atoms with Gasteiger partial charge in [-0.25, -0.2) is 0 Å². The maximum Gasteiger partial charge on any atom is 0.225 e. The Bertz CT molecular complexity index is 648. The third-order valence-electron chi connectivity index (χ3n) is 5.48. The minimum atomic E-state index is -0.178. The lowest BCUT2D eigenvalue weighted by Crippen LogP contribution is -2.45. The van der Waals surface area contributed by atoms with Gasteiger partial charge in [0.05, 0.1) is 5.69 Å². The first-order chi connectivity index (χ1) is 12.4. The second-order valence-corrected chi connectivity index (χ2v) is 8.03. The Labute approximate surface area is 156 Å². The quantitative estimate of drug-likeness (QED) is 0.821. The maximum absolute atomic E-state index is 12.7. The predicted octanol–water partition coefficient (Wildman–Crippen LogP) is 1.62. The molecule has 3 rings (SSSR count). The van der Waals surface area contributed by atoms with Crippen molar-refractivity contribution in [2.24, 2.45) is 11.3 Å². The Balaban J connectivity index is 1.82. The molecule has 2 fully saturated rings. The summed E-state index contributed by atoms with van der Waals surface area (Å²) in [7, 11) is 0. The van der Waals surface area contributed by atoms with E-state index in [1.54, 1.807) is 0 Å². The molecule has 0 radical (unpaired) electrons. The molecule has 0 aliphatic carbocycles. The van der Waals surface area contributed by atoms with Crippen LogP contribution >= 0.6 is 0 Å². The van der Waals surface area contributed by atoms with Gasteiger partial charge in [-0.1, -0.05) is 19.9 Å². The fourth-order valence-electron chi connectivity index (χ4n) is 4.24. The minimum absolute atomic E-state index is 0.0197. The highest BCUT2D eigenvalue weighted by Gasteiger charge is 2.46. The number of carbonyl (C=O) groups excluding carboxylic acids is 2. The van der Waals surface area contributed by atoms with Crippen LogP contribution < -0.4 is 0 Å². The Kier molecular flexibility index (Phi) is 5.61. The Hall–Kier alpha value is -1.95. The molecule has 26 heavy (non-hydrogen) atoms. The molecule has 0 N–H and O–H groups in total. The summed E-state index contributed by atoms with van der Waals surface area (Å²) < 4.78 is 0. The molecule has 1 atom stereocenters. The lowest BCUT2D eigenvalue weighted by atomic mass is 9.85. The Morgan fingerprint density at radius 1 is 1.23 bits per heavy atom. The summed E-state index contributed by atoms with van der Waals surface area (Å²) in [6.45, 7) is 11.2. The summed E-state index contributed by atoms with van der Waals surface area (Å²) in [5.74, 6) is 0.379. The first-order valence-electron chi connectivity index (χ1n) is 9.61. The number of aromatic nitrogens is 1. The molecule has 2 aliphatic rings. The number of pyridine rings is 1. The number of likely N-dealkylation sites (tertiary alicyclic amines) is 1. The van der Waals surface area contributed by atoms with Gasteiger partial charge in [0.15, 0.2) is 0 Å². The van der Waals surface area contributed by atoms with Crippen LogP contribution in [0.3, 0.4) is 0 Å². The predicted molar refractivity (Wildman–Crippen MR) is 100 cm³/mol. The average Bonchev–Trinajstić information content (AvgIpc) is 2.82. The molecular weight excluding hydrogens is 328 g/mol. The molecule has 3 heterocycles. The van der Waals surface area contributed by atoms with Crippen LogP contribution in [-0.2, 0) is 16.1 Å². The van der Waals surface area contributed by atoms with E-state index in [4.69, 9.17) is 0 Å². The summed E-state index contributed by atoms with van der Waals surface area (Å²) in [5.41, 5.74) is 0.853.